The van der Waals surface area contributed by atoms with Crippen molar-refractivity contribution in [3.05, 3.63) is 42.0 Å². The predicted octanol–water partition coefficient (Wildman–Crippen LogP) is 3.02. The molecule has 1 fully saturated rings. The van der Waals surface area contributed by atoms with Crippen LogP contribution in [0.25, 0.3) is 5.65 Å². The number of halogens is 1. The summed E-state index contributed by atoms with van der Waals surface area (Å²) in [5, 5.41) is 22.6. The van der Waals surface area contributed by atoms with Crippen LogP contribution in [0.4, 0.5) is 27.3 Å². The third kappa shape index (κ3) is 3.50. The minimum absolute atomic E-state index is 0.0743. The summed E-state index contributed by atoms with van der Waals surface area (Å²) in [6.45, 7) is 1.31. The first-order valence-electron chi connectivity index (χ1n) is 8.43. The number of imidazole rings is 1. The molecular formula is C18H16FN7O. The molecule has 1 aliphatic rings. The van der Waals surface area contributed by atoms with Gasteiger partial charge in [0, 0.05) is 24.7 Å². The fourth-order valence-electron chi connectivity index (χ4n) is 2.70. The molecule has 3 N–H and O–H groups in total. The molecule has 3 aromatic rings. The lowest BCUT2D eigenvalue weighted by Gasteiger charge is -2.12. The van der Waals surface area contributed by atoms with Crippen LogP contribution in [-0.4, -0.2) is 26.5 Å². The fourth-order valence-corrected chi connectivity index (χ4v) is 2.70. The summed E-state index contributed by atoms with van der Waals surface area (Å²) < 4.78 is 15.3. The minimum atomic E-state index is -0.531. The van der Waals surface area contributed by atoms with Crippen LogP contribution in [0, 0.1) is 17.1 Å². The number of aromatic nitrogens is 3. The Morgan fingerprint density at radius 2 is 2.15 bits per heavy atom. The second-order valence-electron chi connectivity index (χ2n) is 6.35. The molecule has 1 amide bonds. The van der Waals surface area contributed by atoms with Gasteiger partial charge in [0.2, 0.25) is 5.91 Å². The van der Waals surface area contributed by atoms with Crippen molar-refractivity contribution in [1.29, 1.82) is 5.26 Å². The average molecular weight is 365 g/mol. The number of hydrogen-bond acceptors (Lipinski definition) is 6. The first kappa shape index (κ1) is 16.8. The minimum Gasteiger partial charge on any atom is -0.379 e. The number of carbonyl (C=O) groups is 1. The Morgan fingerprint density at radius 3 is 2.85 bits per heavy atom. The molecule has 2 aromatic heterocycles. The Balaban J connectivity index is 1.71. The highest BCUT2D eigenvalue weighted by atomic mass is 19.1. The Hall–Kier alpha value is -3.67. The predicted molar refractivity (Wildman–Crippen MR) is 98.3 cm³/mol. The third-order valence-electron chi connectivity index (χ3n) is 4.07. The fraction of sp³-hybridized carbons (Fsp3) is 0.222. The van der Waals surface area contributed by atoms with Crippen LogP contribution >= 0.6 is 0 Å². The number of amides is 1. The zero-order valence-corrected chi connectivity index (χ0v) is 14.5. The Morgan fingerprint density at radius 1 is 1.33 bits per heavy atom. The van der Waals surface area contributed by atoms with Gasteiger partial charge in [-0.3, -0.25) is 4.79 Å². The number of rotatable bonds is 5. The molecule has 1 aliphatic carbocycles. The van der Waals surface area contributed by atoms with Crippen LogP contribution in [0.2, 0.25) is 0 Å². The van der Waals surface area contributed by atoms with E-state index in [0.29, 0.717) is 28.9 Å². The molecule has 0 spiro atoms. The molecule has 4 rings (SSSR count). The lowest BCUT2D eigenvalue weighted by molar-refractivity contribution is -0.114. The van der Waals surface area contributed by atoms with Gasteiger partial charge in [-0.15, -0.1) is 5.10 Å². The molecule has 0 unspecified atom stereocenters. The summed E-state index contributed by atoms with van der Waals surface area (Å²) in [5.41, 5.74) is 2.27. The van der Waals surface area contributed by atoms with Crippen LogP contribution in [0.1, 0.15) is 25.5 Å². The maximum absolute atomic E-state index is 13.8. The smallest absolute Gasteiger partial charge is 0.221 e. The van der Waals surface area contributed by atoms with Crippen LogP contribution < -0.4 is 16.0 Å². The topological polar surface area (TPSA) is 107 Å². The number of nitriles is 1. The number of hydrogen-bond donors (Lipinski definition) is 3. The SMILES string of the molecule is CC(=O)Nc1cc(Nc2cc(NC3CC3)c3ncc(C#N)n3n2)ccc1F. The van der Waals surface area contributed by atoms with E-state index in [1.165, 1.54) is 29.8 Å². The molecule has 2 heterocycles. The molecule has 27 heavy (non-hydrogen) atoms. The van der Waals surface area contributed by atoms with E-state index in [1.54, 1.807) is 12.1 Å². The van der Waals surface area contributed by atoms with Gasteiger partial charge in [0.05, 0.1) is 17.6 Å². The van der Waals surface area contributed by atoms with Crippen molar-refractivity contribution in [2.45, 2.75) is 25.8 Å². The maximum atomic E-state index is 13.8. The highest BCUT2D eigenvalue weighted by Gasteiger charge is 2.23. The largest absolute Gasteiger partial charge is 0.379 e. The van der Waals surface area contributed by atoms with E-state index in [1.807, 2.05) is 0 Å². The van der Waals surface area contributed by atoms with Crippen molar-refractivity contribution in [3.63, 3.8) is 0 Å². The van der Waals surface area contributed by atoms with Gasteiger partial charge >= 0.3 is 0 Å². The number of nitrogens with zero attached hydrogens (tertiary/aromatic N) is 4. The van der Waals surface area contributed by atoms with Gasteiger partial charge in [-0.1, -0.05) is 0 Å². The Labute approximate surface area is 154 Å². The second-order valence-corrected chi connectivity index (χ2v) is 6.35. The molecule has 0 aliphatic heterocycles. The Kier molecular flexibility index (Phi) is 4.08. The number of carbonyl (C=O) groups excluding carboxylic acids is 1. The zero-order chi connectivity index (χ0) is 19.0. The van der Waals surface area contributed by atoms with Crippen LogP contribution in [0.5, 0.6) is 0 Å². The molecule has 1 saturated carbocycles. The number of nitrogens with one attached hydrogen (secondary N) is 3. The Bertz CT molecular complexity index is 1080. The summed E-state index contributed by atoms with van der Waals surface area (Å²) in [6, 6.07) is 8.53. The van der Waals surface area contributed by atoms with Gasteiger partial charge in [-0.25, -0.2) is 9.37 Å². The van der Waals surface area contributed by atoms with E-state index in [2.05, 4.69) is 32.1 Å². The molecule has 136 valence electrons. The highest BCUT2D eigenvalue weighted by Crippen LogP contribution is 2.30. The van der Waals surface area contributed by atoms with Crippen molar-refractivity contribution in [3.8, 4) is 6.07 Å². The van der Waals surface area contributed by atoms with E-state index in [4.69, 9.17) is 0 Å². The van der Waals surface area contributed by atoms with Crippen LogP contribution in [-0.2, 0) is 4.79 Å². The molecule has 9 heteroatoms. The van der Waals surface area contributed by atoms with Gasteiger partial charge in [0.1, 0.15) is 11.9 Å². The zero-order valence-electron chi connectivity index (χ0n) is 14.5. The normalized spacial score (nSPS) is 13.2. The lowest BCUT2D eigenvalue weighted by Crippen LogP contribution is -2.09. The van der Waals surface area contributed by atoms with Crippen molar-refractivity contribution >= 4 is 34.4 Å². The summed E-state index contributed by atoms with van der Waals surface area (Å²) in [5.74, 6) is -0.434. The van der Waals surface area contributed by atoms with Crippen molar-refractivity contribution in [1.82, 2.24) is 14.6 Å². The van der Waals surface area contributed by atoms with Gasteiger partial charge < -0.3 is 16.0 Å². The van der Waals surface area contributed by atoms with E-state index < -0.39 is 5.82 Å². The molecular weight excluding hydrogens is 349 g/mol. The van der Waals surface area contributed by atoms with Gasteiger partial charge in [0.25, 0.3) is 0 Å². The van der Waals surface area contributed by atoms with Gasteiger partial charge in [0.15, 0.2) is 17.2 Å². The highest BCUT2D eigenvalue weighted by molar-refractivity contribution is 5.89. The maximum Gasteiger partial charge on any atom is 0.221 e. The summed E-state index contributed by atoms with van der Waals surface area (Å²) in [4.78, 5) is 15.5. The second kappa shape index (κ2) is 6.57. The molecule has 8 nitrogen and oxygen atoms in total. The molecule has 0 radical (unpaired) electrons. The van der Waals surface area contributed by atoms with E-state index in [9.17, 15) is 14.4 Å². The summed E-state index contributed by atoms with van der Waals surface area (Å²) in [7, 11) is 0. The van der Waals surface area contributed by atoms with E-state index in [-0.39, 0.29) is 11.6 Å². The molecule has 0 bridgehead atoms. The van der Waals surface area contributed by atoms with E-state index >= 15 is 0 Å². The lowest BCUT2D eigenvalue weighted by atomic mass is 10.2. The first-order valence-corrected chi connectivity index (χ1v) is 8.43. The molecule has 1 aromatic carbocycles. The standard InChI is InChI=1S/C18H16FN7O/c1-10(27)22-15-6-12(4-5-14(15)19)24-17-7-16(23-11-2-3-11)18-21-9-13(8-20)26(18)25-17/h4-7,9,11,23H,2-3H2,1H3,(H,22,27)(H,24,25). The molecule has 0 atom stereocenters. The van der Waals surface area contributed by atoms with Crippen LogP contribution in [0.3, 0.4) is 0 Å². The number of anilines is 4. The summed E-state index contributed by atoms with van der Waals surface area (Å²) >= 11 is 0. The van der Waals surface area contributed by atoms with Gasteiger partial charge in [-0.2, -0.15) is 9.78 Å². The quantitative estimate of drug-likeness (QED) is 0.642. The van der Waals surface area contributed by atoms with Crippen molar-refractivity contribution in [2.24, 2.45) is 0 Å². The van der Waals surface area contributed by atoms with E-state index in [0.717, 1.165) is 18.5 Å². The van der Waals surface area contributed by atoms with Crippen molar-refractivity contribution < 1.29 is 9.18 Å². The van der Waals surface area contributed by atoms with Crippen LogP contribution in [0.15, 0.2) is 30.5 Å². The summed E-state index contributed by atoms with van der Waals surface area (Å²) in [6.07, 6.45) is 3.64. The number of fused-ring (bicyclic) bond motifs is 1. The third-order valence-corrected chi connectivity index (χ3v) is 4.07. The van der Waals surface area contributed by atoms with Gasteiger partial charge in [-0.05, 0) is 31.0 Å². The molecule has 0 saturated heterocycles. The average Bonchev–Trinajstić information content (AvgIpc) is 3.34. The van der Waals surface area contributed by atoms with Crippen molar-refractivity contribution in [2.75, 3.05) is 16.0 Å². The monoisotopic (exact) mass is 365 g/mol. The first-order chi connectivity index (χ1) is 13.0. The number of benzene rings is 1.